The summed E-state index contributed by atoms with van der Waals surface area (Å²) in [7, 11) is 0. The van der Waals surface area contributed by atoms with E-state index in [1.165, 1.54) is 32.1 Å². The zero-order valence-corrected chi connectivity index (χ0v) is 8.28. The molecule has 0 aliphatic heterocycles. The maximum atomic E-state index is 11.2. The Morgan fingerprint density at radius 2 is 1.92 bits per heavy atom. The van der Waals surface area contributed by atoms with Crippen molar-refractivity contribution in [3.63, 3.8) is 0 Å². The van der Waals surface area contributed by atoms with Crippen molar-refractivity contribution in [1.29, 1.82) is 0 Å². The molecule has 0 bridgehead atoms. The largest absolute Gasteiger partial charge is 0.300 e. The Balaban J connectivity index is 2.15. The van der Waals surface area contributed by atoms with Gasteiger partial charge in [-0.25, -0.2) is 0 Å². The molecule has 0 aromatic carbocycles. The number of halogens is 1. The molecule has 0 radical (unpaired) electrons. The summed E-state index contributed by atoms with van der Waals surface area (Å²) in [6.07, 6.45) is 7.87. The fourth-order valence-corrected chi connectivity index (χ4v) is 2.13. The van der Waals surface area contributed by atoms with Crippen LogP contribution in [0.5, 0.6) is 0 Å². The third kappa shape index (κ3) is 3.57. The SMILES string of the molecule is O=C(CCCl)CC1CCCCC1. The average molecular weight is 189 g/mol. The average Bonchev–Trinajstić information content (AvgIpc) is 2.06. The van der Waals surface area contributed by atoms with Crippen molar-refractivity contribution >= 4 is 17.4 Å². The molecule has 1 aliphatic carbocycles. The quantitative estimate of drug-likeness (QED) is 0.620. The molecule has 0 spiro atoms. The van der Waals surface area contributed by atoms with Crippen molar-refractivity contribution in [3.05, 3.63) is 0 Å². The zero-order valence-electron chi connectivity index (χ0n) is 7.52. The number of rotatable bonds is 4. The third-order valence-electron chi connectivity index (χ3n) is 2.61. The topological polar surface area (TPSA) is 17.1 Å². The molecule has 0 saturated heterocycles. The van der Waals surface area contributed by atoms with Gasteiger partial charge in [-0.15, -0.1) is 11.6 Å². The standard InChI is InChI=1S/C10H17ClO/c11-7-6-10(12)8-9-4-2-1-3-5-9/h9H,1-8H2. The summed E-state index contributed by atoms with van der Waals surface area (Å²) >= 11 is 5.49. The molecular formula is C10H17ClO. The third-order valence-corrected chi connectivity index (χ3v) is 2.80. The lowest BCUT2D eigenvalue weighted by molar-refractivity contribution is -0.119. The molecule has 2 heteroatoms. The van der Waals surface area contributed by atoms with Gasteiger partial charge in [-0.3, -0.25) is 4.79 Å². The Bertz CT molecular complexity index is 139. The highest BCUT2D eigenvalue weighted by Crippen LogP contribution is 2.26. The van der Waals surface area contributed by atoms with E-state index in [4.69, 9.17) is 11.6 Å². The molecule has 70 valence electrons. The zero-order chi connectivity index (χ0) is 8.81. The molecular weight excluding hydrogens is 172 g/mol. The summed E-state index contributed by atoms with van der Waals surface area (Å²) in [4.78, 5) is 11.2. The van der Waals surface area contributed by atoms with Gasteiger partial charge in [-0.1, -0.05) is 32.1 Å². The molecule has 0 aromatic rings. The van der Waals surface area contributed by atoms with Gasteiger partial charge in [0.05, 0.1) is 0 Å². The predicted molar refractivity (Wildman–Crippen MR) is 51.5 cm³/mol. The van der Waals surface area contributed by atoms with Gasteiger partial charge in [0, 0.05) is 18.7 Å². The summed E-state index contributed by atoms with van der Waals surface area (Å²) in [5, 5.41) is 0. The number of carbonyl (C=O) groups is 1. The minimum atomic E-state index is 0.358. The van der Waals surface area contributed by atoms with Crippen LogP contribution in [0.4, 0.5) is 0 Å². The number of ketones is 1. The Morgan fingerprint density at radius 1 is 1.25 bits per heavy atom. The molecule has 1 saturated carbocycles. The van der Waals surface area contributed by atoms with Gasteiger partial charge >= 0.3 is 0 Å². The van der Waals surface area contributed by atoms with Crippen molar-refractivity contribution in [2.45, 2.75) is 44.9 Å². The lowest BCUT2D eigenvalue weighted by Gasteiger charge is -2.20. The van der Waals surface area contributed by atoms with Crippen LogP contribution in [0.1, 0.15) is 44.9 Å². The molecule has 0 N–H and O–H groups in total. The first-order valence-electron chi connectivity index (χ1n) is 4.90. The van der Waals surface area contributed by atoms with Crippen LogP contribution in [0, 0.1) is 5.92 Å². The second-order valence-corrected chi connectivity index (χ2v) is 4.06. The van der Waals surface area contributed by atoms with E-state index in [2.05, 4.69) is 0 Å². The van der Waals surface area contributed by atoms with E-state index in [9.17, 15) is 4.79 Å². The highest BCUT2D eigenvalue weighted by Gasteiger charge is 2.16. The highest BCUT2D eigenvalue weighted by atomic mass is 35.5. The fraction of sp³-hybridized carbons (Fsp3) is 0.900. The predicted octanol–water partition coefficient (Wildman–Crippen LogP) is 3.15. The molecule has 1 nitrogen and oxygen atoms in total. The van der Waals surface area contributed by atoms with Crippen LogP contribution in [0.15, 0.2) is 0 Å². The Morgan fingerprint density at radius 3 is 2.50 bits per heavy atom. The summed E-state index contributed by atoms with van der Waals surface area (Å²) < 4.78 is 0. The molecule has 1 fully saturated rings. The summed E-state index contributed by atoms with van der Waals surface area (Å²) in [6, 6.07) is 0. The van der Waals surface area contributed by atoms with Crippen LogP contribution in [-0.4, -0.2) is 11.7 Å². The summed E-state index contributed by atoms with van der Waals surface area (Å²) in [5.74, 6) is 1.53. The van der Waals surface area contributed by atoms with Gasteiger partial charge in [0.1, 0.15) is 5.78 Å². The van der Waals surface area contributed by atoms with Crippen molar-refractivity contribution in [2.24, 2.45) is 5.92 Å². The molecule has 0 unspecified atom stereocenters. The molecule has 0 amide bonds. The van der Waals surface area contributed by atoms with E-state index in [1.807, 2.05) is 0 Å². The van der Waals surface area contributed by atoms with E-state index in [0.29, 0.717) is 24.0 Å². The van der Waals surface area contributed by atoms with Crippen LogP contribution in [0.2, 0.25) is 0 Å². The van der Waals surface area contributed by atoms with Gasteiger partial charge in [0.15, 0.2) is 0 Å². The smallest absolute Gasteiger partial charge is 0.134 e. The first-order valence-corrected chi connectivity index (χ1v) is 5.44. The maximum absolute atomic E-state index is 11.2. The van der Waals surface area contributed by atoms with Crippen LogP contribution in [0.25, 0.3) is 0 Å². The summed E-state index contributed by atoms with van der Waals surface area (Å²) in [6.45, 7) is 0. The number of alkyl halides is 1. The first-order chi connectivity index (χ1) is 5.83. The summed E-state index contributed by atoms with van der Waals surface area (Å²) in [5.41, 5.74) is 0. The lowest BCUT2D eigenvalue weighted by atomic mass is 9.85. The Kier molecular flexibility index (Phi) is 4.67. The van der Waals surface area contributed by atoms with E-state index in [1.54, 1.807) is 0 Å². The monoisotopic (exact) mass is 188 g/mol. The maximum Gasteiger partial charge on any atom is 0.134 e. The fourth-order valence-electron chi connectivity index (χ4n) is 1.92. The first kappa shape index (κ1) is 10.0. The van der Waals surface area contributed by atoms with Crippen LogP contribution in [-0.2, 0) is 4.79 Å². The van der Waals surface area contributed by atoms with Gasteiger partial charge < -0.3 is 0 Å². The van der Waals surface area contributed by atoms with Crippen molar-refractivity contribution in [2.75, 3.05) is 5.88 Å². The molecule has 0 aromatic heterocycles. The Hall–Kier alpha value is -0.0400. The van der Waals surface area contributed by atoms with Gasteiger partial charge in [0.2, 0.25) is 0 Å². The van der Waals surface area contributed by atoms with Crippen molar-refractivity contribution < 1.29 is 4.79 Å². The number of hydrogen-bond acceptors (Lipinski definition) is 1. The second kappa shape index (κ2) is 5.58. The normalized spacial score (nSPS) is 19.4. The highest BCUT2D eigenvalue weighted by molar-refractivity contribution is 6.19. The van der Waals surface area contributed by atoms with Crippen molar-refractivity contribution in [3.8, 4) is 0 Å². The lowest BCUT2D eigenvalue weighted by Crippen LogP contribution is -2.12. The van der Waals surface area contributed by atoms with Crippen molar-refractivity contribution in [1.82, 2.24) is 0 Å². The van der Waals surface area contributed by atoms with E-state index < -0.39 is 0 Å². The molecule has 0 atom stereocenters. The van der Waals surface area contributed by atoms with E-state index >= 15 is 0 Å². The number of Topliss-reactive ketones (excluding diaryl/α,β-unsaturated/α-hetero) is 1. The number of carbonyl (C=O) groups excluding carboxylic acids is 1. The molecule has 1 rings (SSSR count). The Labute approximate surface area is 79.5 Å². The van der Waals surface area contributed by atoms with E-state index in [-0.39, 0.29) is 0 Å². The van der Waals surface area contributed by atoms with Crippen LogP contribution < -0.4 is 0 Å². The minimum Gasteiger partial charge on any atom is -0.300 e. The minimum absolute atomic E-state index is 0.358. The number of hydrogen-bond donors (Lipinski definition) is 0. The molecule has 12 heavy (non-hydrogen) atoms. The van der Waals surface area contributed by atoms with Crippen LogP contribution in [0.3, 0.4) is 0 Å². The van der Waals surface area contributed by atoms with Gasteiger partial charge in [-0.2, -0.15) is 0 Å². The van der Waals surface area contributed by atoms with Gasteiger partial charge in [-0.05, 0) is 5.92 Å². The second-order valence-electron chi connectivity index (χ2n) is 3.69. The molecule has 1 aliphatic rings. The molecule has 0 heterocycles. The van der Waals surface area contributed by atoms with E-state index in [0.717, 1.165) is 6.42 Å². The van der Waals surface area contributed by atoms with Gasteiger partial charge in [0.25, 0.3) is 0 Å². The van der Waals surface area contributed by atoms with Crippen LogP contribution >= 0.6 is 11.6 Å².